The highest BCUT2D eigenvalue weighted by molar-refractivity contribution is 6.33. The maximum atomic E-state index is 12.7. The number of hydrogen-bond acceptors (Lipinski definition) is 7. The van der Waals surface area contributed by atoms with Crippen molar-refractivity contribution in [1.82, 2.24) is 15.0 Å². The van der Waals surface area contributed by atoms with Gasteiger partial charge in [-0.3, -0.25) is 10.1 Å². The van der Waals surface area contributed by atoms with E-state index in [2.05, 4.69) is 25.6 Å². The molecule has 0 spiro atoms. The van der Waals surface area contributed by atoms with Gasteiger partial charge in [0.15, 0.2) is 5.82 Å². The van der Waals surface area contributed by atoms with Gasteiger partial charge in [0.2, 0.25) is 11.6 Å². The van der Waals surface area contributed by atoms with Crippen LogP contribution in [0, 0.1) is 17.0 Å². The molecule has 2 aromatic heterocycles. The molecule has 0 fully saturated rings. The number of alkyl halides is 3. The van der Waals surface area contributed by atoms with Gasteiger partial charge in [-0.1, -0.05) is 23.7 Å². The highest BCUT2D eigenvalue weighted by atomic mass is 35.5. The summed E-state index contributed by atoms with van der Waals surface area (Å²) in [6.07, 6.45) is -3.00. The number of nitrogens with zero attached hydrogens (tertiary/aromatic N) is 4. The Morgan fingerprint density at radius 1 is 1.07 bits per heavy atom. The van der Waals surface area contributed by atoms with Crippen molar-refractivity contribution in [2.24, 2.45) is 0 Å². The van der Waals surface area contributed by atoms with Crippen LogP contribution in [0.25, 0.3) is 0 Å². The fourth-order valence-electron chi connectivity index (χ4n) is 2.39. The van der Waals surface area contributed by atoms with E-state index in [4.69, 9.17) is 11.6 Å². The van der Waals surface area contributed by atoms with E-state index in [1.165, 1.54) is 0 Å². The molecule has 1 aromatic carbocycles. The predicted octanol–water partition coefficient (Wildman–Crippen LogP) is 5.25. The molecule has 0 bridgehead atoms. The molecule has 150 valence electrons. The molecule has 0 unspecified atom stereocenters. The fraction of sp³-hybridized carbons (Fsp3) is 0.118. The van der Waals surface area contributed by atoms with Gasteiger partial charge in [-0.25, -0.2) is 15.0 Å². The van der Waals surface area contributed by atoms with E-state index in [1.54, 1.807) is 18.2 Å². The number of pyridine rings is 1. The molecule has 2 heterocycles. The minimum atomic E-state index is -4.62. The van der Waals surface area contributed by atoms with Gasteiger partial charge < -0.3 is 10.6 Å². The van der Waals surface area contributed by atoms with Gasteiger partial charge in [-0.2, -0.15) is 13.2 Å². The number of halogens is 4. The maximum absolute atomic E-state index is 12.7. The maximum Gasteiger partial charge on any atom is 0.417 e. The van der Waals surface area contributed by atoms with E-state index >= 15 is 0 Å². The molecular weight excluding hydrogens is 413 g/mol. The number of nitro groups is 1. The van der Waals surface area contributed by atoms with Crippen LogP contribution in [0.15, 0.2) is 42.9 Å². The molecule has 0 atom stereocenters. The Balaban J connectivity index is 1.97. The largest absolute Gasteiger partial charge is 0.417 e. The second-order valence-corrected chi connectivity index (χ2v) is 6.26. The molecule has 0 aliphatic carbocycles. The first kappa shape index (κ1) is 20.3. The van der Waals surface area contributed by atoms with Crippen LogP contribution in [0.3, 0.4) is 0 Å². The lowest BCUT2D eigenvalue weighted by Gasteiger charge is -2.12. The zero-order valence-corrected chi connectivity index (χ0v) is 15.4. The topological polar surface area (TPSA) is 106 Å². The first-order valence-electron chi connectivity index (χ1n) is 7.98. The Hall–Kier alpha value is -3.47. The van der Waals surface area contributed by atoms with Crippen molar-refractivity contribution in [3.8, 4) is 0 Å². The lowest BCUT2D eigenvalue weighted by Crippen LogP contribution is -2.08. The molecule has 0 saturated carbocycles. The van der Waals surface area contributed by atoms with E-state index in [0.717, 1.165) is 11.9 Å². The zero-order chi connectivity index (χ0) is 21.2. The van der Waals surface area contributed by atoms with E-state index in [9.17, 15) is 23.3 Å². The predicted molar refractivity (Wildman–Crippen MR) is 101 cm³/mol. The molecule has 29 heavy (non-hydrogen) atoms. The summed E-state index contributed by atoms with van der Waals surface area (Å²) in [5.74, 6) is -0.613. The van der Waals surface area contributed by atoms with Crippen LogP contribution in [-0.2, 0) is 6.18 Å². The van der Waals surface area contributed by atoms with Crippen LogP contribution < -0.4 is 10.6 Å². The minimum absolute atomic E-state index is 0.110. The van der Waals surface area contributed by atoms with Gasteiger partial charge in [0.05, 0.1) is 15.5 Å². The molecule has 0 aliphatic heterocycles. The van der Waals surface area contributed by atoms with Crippen molar-refractivity contribution in [2.45, 2.75) is 13.1 Å². The highest BCUT2D eigenvalue weighted by Crippen LogP contribution is 2.36. The lowest BCUT2D eigenvalue weighted by atomic mass is 10.2. The van der Waals surface area contributed by atoms with Crippen LogP contribution in [0.5, 0.6) is 0 Å². The lowest BCUT2D eigenvalue weighted by molar-refractivity contribution is -0.383. The summed E-state index contributed by atoms with van der Waals surface area (Å²) in [6, 6.07) is 7.73. The van der Waals surface area contributed by atoms with Crippen molar-refractivity contribution in [3.05, 3.63) is 69.1 Å². The van der Waals surface area contributed by atoms with Gasteiger partial charge >= 0.3 is 11.9 Å². The Kier molecular flexibility index (Phi) is 5.50. The molecule has 3 aromatic rings. The van der Waals surface area contributed by atoms with Gasteiger partial charge in [0, 0.05) is 11.9 Å². The van der Waals surface area contributed by atoms with Crippen molar-refractivity contribution in [1.29, 1.82) is 0 Å². The number of hydrogen-bond donors (Lipinski definition) is 2. The molecule has 0 saturated heterocycles. The average molecular weight is 425 g/mol. The van der Waals surface area contributed by atoms with Crippen molar-refractivity contribution >= 4 is 40.4 Å². The minimum Gasteiger partial charge on any atom is -0.334 e. The smallest absolute Gasteiger partial charge is 0.334 e. The molecule has 8 nitrogen and oxygen atoms in total. The fourth-order valence-corrected chi connectivity index (χ4v) is 2.60. The zero-order valence-electron chi connectivity index (χ0n) is 14.7. The molecular formula is C17H12ClF3N6O2. The van der Waals surface area contributed by atoms with E-state index in [-0.39, 0.29) is 22.5 Å². The number of benzene rings is 1. The third-order valence-corrected chi connectivity index (χ3v) is 3.98. The number of aryl methyl sites for hydroxylation is 1. The van der Waals surface area contributed by atoms with Crippen LogP contribution in [-0.4, -0.2) is 19.9 Å². The van der Waals surface area contributed by atoms with Gasteiger partial charge in [-0.05, 0) is 30.7 Å². The number of rotatable bonds is 5. The summed E-state index contributed by atoms with van der Waals surface area (Å²) in [4.78, 5) is 22.2. The monoisotopic (exact) mass is 424 g/mol. The quantitative estimate of drug-likeness (QED) is 0.425. The van der Waals surface area contributed by atoms with Gasteiger partial charge in [0.25, 0.3) is 0 Å². The third-order valence-electron chi connectivity index (χ3n) is 3.69. The first-order chi connectivity index (χ1) is 13.6. The molecule has 0 aliphatic rings. The van der Waals surface area contributed by atoms with E-state index in [1.807, 2.05) is 13.0 Å². The molecule has 12 heteroatoms. The Bertz CT molecular complexity index is 1080. The van der Waals surface area contributed by atoms with Crippen LogP contribution in [0.4, 0.5) is 42.0 Å². The van der Waals surface area contributed by atoms with E-state index < -0.39 is 22.4 Å². The normalized spacial score (nSPS) is 11.2. The molecule has 3 rings (SSSR count). The SMILES string of the molecule is Cc1cccc(Nc2ncnc(Nc3ncc(C(F)(F)F)cc3Cl)c2[N+](=O)[O-])c1. The van der Waals surface area contributed by atoms with Gasteiger partial charge in [0.1, 0.15) is 6.33 Å². The van der Waals surface area contributed by atoms with Crippen LogP contribution >= 0.6 is 11.6 Å². The van der Waals surface area contributed by atoms with Crippen LogP contribution in [0.1, 0.15) is 11.1 Å². The van der Waals surface area contributed by atoms with Crippen LogP contribution in [0.2, 0.25) is 5.02 Å². The summed E-state index contributed by atoms with van der Waals surface area (Å²) in [5, 5.41) is 16.6. The van der Waals surface area contributed by atoms with Crippen molar-refractivity contribution < 1.29 is 18.1 Å². The Labute approximate surface area is 166 Å². The third kappa shape index (κ3) is 4.69. The molecule has 0 amide bonds. The second kappa shape index (κ2) is 7.87. The van der Waals surface area contributed by atoms with Gasteiger partial charge in [-0.15, -0.1) is 0 Å². The first-order valence-corrected chi connectivity index (χ1v) is 8.36. The summed E-state index contributed by atoms with van der Waals surface area (Å²) in [6.45, 7) is 1.85. The summed E-state index contributed by atoms with van der Waals surface area (Å²) in [7, 11) is 0. The number of nitrogens with one attached hydrogen (secondary N) is 2. The number of anilines is 4. The average Bonchev–Trinajstić information content (AvgIpc) is 2.62. The Morgan fingerprint density at radius 3 is 2.34 bits per heavy atom. The molecule has 2 N–H and O–H groups in total. The van der Waals surface area contributed by atoms with Crippen molar-refractivity contribution in [2.75, 3.05) is 10.6 Å². The second-order valence-electron chi connectivity index (χ2n) is 5.85. The summed E-state index contributed by atoms with van der Waals surface area (Å²) >= 11 is 5.85. The van der Waals surface area contributed by atoms with Crippen molar-refractivity contribution in [3.63, 3.8) is 0 Å². The summed E-state index contributed by atoms with van der Waals surface area (Å²) < 4.78 is 38.2. The standard InChI is InChI=1S/C17H12ClF3N6O2/c1-9-3-2-4-11(5-9)25-15-13(27(28)29)16(24-8-23-15)26-14-12(18)6-10(7-22-14)17(19,20)21/h2-8H,1H3,(H2,22,23,24,25,26). The Morgan fingerprint density at radius 2 is 1.76 bits per heavy atom. The van der Waals surface area contributed by atoms with E-state index in [0.29, 0.717) is 18.0 Å². The number of aromatic nitrogens is 3. The highest BCUT2D eigenvalue weighted by Gasteiger charge is 2.32. The summed E-state index contributed by atoms with van der Waals surface area (Å²) in [5.41, 5.74) is -0.0898. The molecule has 0 radical (unpaired) electrons.